The third-order valence-electron chi connectivity index (χ3n) is 4.30. The van der Waals surface area contributed by atoms with E-state index in [1.807, 2.05) is 37.3 Å². The summed E-state index contributed by atoms with van der Waals surface area (Å²) in [5, 5.41) is 6.45. The highest BCUT2D eigenvalue weighted by molar-refractivity contribution is 5.79. The summed E-state index contributed by atoms with van der Waals surface area (Å²) in [6, 6.07) is 16.0. The Hall–Kier alpha value is -3.19. The normalized spacial score (nSPS) is 12.6. The summed E-state index contributed by atoms with van der Waals surface area (Å²) in [6.45, 7) is 3.57. The van der Waals surface area contributed by atoms with Crippen molar-refractivity contribution in [3.8, 4) is 11.5 Å². The van der Waals surface area contributed by atoms with Crippen LogP contribution in [0.4, 0.5) is 4.39 Å². The molecule has 0 aliphatic rings. The molecule has 0 saturated carbocycles. The highest BCUT2D eigenvalue weighted by atomic mass is 19.1. The molecule has 3 rings (SSSR count). The Balaban J connectivity index is 1.62. The van der Waals surface area contributed by atoms with Crippen molar-refractivity contribution in [2.45, 2.75) is 19.6 Å². The maximum atomic E-state index is 13.1. The van der Waals surface area contributed by atoms with Crippen molar-refractivity contribution in [2.75, 3.05) is 20.2 Å². The van der Waals surface area contributed by atoms with Gasteiger partial charge in [0.25, 0.3) is 0 Å². The standard InChI is InChI=1S/C22H25FN4O2/c1-3-24-22(26-14-20(28-2)16-9-11-18(23)12-10-16)25-13-19-15-29-21(27-19)17-7-5-4-6-8-17/h4-12,15,20H,3,13-14H2,1-2H3,(H2,24,25,26). The van der Waals surface area contributed by atoms with Gasteiger partial charge in [-0.3, -0.25) is 0 Å². The third-order valence-corrected chi connectivity index (χ3v) is 4.30. The molecule has 6 nitrogen and oxygen atoms in total. The van der Waals surface area contributed by atoms with E-state index >= 15 is 0 Å². The predicted octanol–water partition coefficient (Wildman–Crippen LogP) is 3.92. The molecule has 0 radical (unpaired) electrons. The number of hydrogen-bond acceptors (Lipinski definition) is 4. The molecule has 0 fully saturated rings. The van der Waals surface area contributed by atoms with Gasteiger partial charge in [0.1, 0.15) is 17.8 Å². The molecule has 0 saturated heterocycles. The molecular weight excluding hydrogens is 371 g/mol. The van der Waals surface area contributed by atoms with Gasteiger partial charge in [0.15, 0.2) is 5.96 Å². The van der Waals surface area contributed by atoms with Crippen molar-refractivity contribution in [1.82, 2.24) is 15.6 Å². The van der Waals surface area contributed by atoms with E-state index in [1.165, 1.54) is 12.1 Å². The second-order valence-corrected chi connectivity index (χ2v) is 6.36. The molecule has 3 aromatic rings. The lowest BCUT2D eigenvalue weighted by Gasteiger charge is -2.18. The number of aliphatic imine (C=N–C) groups is 1. The van der Waals surface area contributed by atoms with Crippen molar-refractivity contribution in [2.24, 2.45) is 4.99 Å². The summed E-state index contributed by atoms with van der Waals surface area (Å²) < 4.78 is 24.2. The number of hydrogen-bond donors (Lipinski definition) is 2. The number of methoxy groups -OCH3 is 1. The predicted molar refractivity (Wildman–Crippen MR) is 111 cm³/mol. The van der Waals surface area contributed by atoms with E-state index < -0.39 is 0 Å². The molecule has 0 aliphatic heterocycles. The van der Waals surface area contributed by atoms with Crippen LogP contribution in [-0.2, 0) is 11.3 Å². The minimum atomic E-state index is -0.269. The van der Waals surface area contributed by atoms with Gasteiger partial charge in [-0.05, 0) is 36.8 Å². The zero-order chi connectivity index (χ0) is 20.5. The summed E-state index contributed by atoms with van der Waals surface area (Å²) >= 11 is 0. The van der Waals surface area contributed by atoms with Crippen molar-refractivity contribution in [3.05, 3.63) is 77.9 Å². The highest BCUT2D eigenvalue weighted by Crippen LogP contribution is 2.18. The minimum absolute atomic E-state index is 0.226. The first-order valence-corrected chi connectivity index (χ1v) is 9.50. The molecule has 7 heteroatoms. The molecule has 0 amide bonds. The van der Waals surface area contributed by atoms with Gasteiger partial charge >= 0.3 is 0 Å². The molecule has 1 aromatic heterocycles. The number of nitrogens with one attached hydrogen (secondary N) is 2. The monoisotopic (exact) mass is 396 g/mol. The summed E-state index contributed by atoms with van der Waals surface area (Å²) in [6.07, 6.45) is 1.39. The SMILES string of the molecule is CCNC(=NCc1coc(-c2ccccc2)n1)NCC(OC)c1ccc(F)cc1. The number of ether oxygens (including phenoxy) is 1. The zero-order valence-corrected chi connectivity index (χ0v) is 16.6. The van der Waals surface area contributed by atoms with E-state index in [4.69, 9.17) is 9.15 Å². The van der Waals surface area contributed by atoms with Gasteiger partial charge in [-0.1, -0.05) is 30.3 Å². The van der Waals surface area contributed by atoms with E-state index in [0.29, 0.717) is 31.5 Å². The molecule has 0 bridgehead atoms. The molecular formula is C22H25FN4O2. The van der Waals surface area contributed by atoms with Crippen LogP contribution in [-0.4, -0.2) is 31.1 Å². The molecule has 0 aliphatic carbocycles. The lowest BCUT2D eigenvalue weighted by atomic mass is 10.1. The molecule has 2 aromatic carbocycles. The smallest absolute Gasteiger partial charge is 0.226 e. The maximum absolute atomic E-state index is 13.1. The quantitative estimate of drug-likeness (QED) is 0.446. The van der Waals surface area contributed by atoms with Gasteiger partial charge in [0, 0.05) is 25.8 Å². The van der Waals surface area contributed by atoms with E-state index in [0.717, 1.165) is 16.8 Å². The van der Waals surface area contributed by atoms with Crippen LogP contribution in [0, 0.1) is 5.82 Å². The van der Waals surface area contributed by atoms with E-state index in [9.17, 15) is 4.39 Å². The average Bonchev–Trinajstić information content (AvgIpc) is 3.23. The minimum Gasteiger partial charge on any atom is -0.444 e. The average molecular weight is 396 g/mol. The number of oxazole rings is 1. The first kappa shape index (κ1) is 20.5. The Morgan fingerprint density at radius 1 is 1.14 bits per heavy atom. The number of guanidine groups is 1. The molecule has 1 atom stereocenters. The Bertz CT molecular complexity index is 910. The number of benzene rings is 2. The Morgan fingerprint density at radius 3 is 2.59 bits per heavy atom. The summed E-state index contributed by atoms with van der Waals surface area (Å²) in [7, 11) is 1.63. The van der Waals surface area contributed by atoms with Crippen molar-refractivity contribution < 1.29 is 13.5 Å². The van der Waals surface area contributed by atoms with E-state index in [-0.39, 0.29) is 11.9 Å². The first-order chi connectivity index (χ1) is 14.2. The van der Waals surface area contributed by atoms with Crippen molar-refractivity contribution >= 4 is 5.96 Å². The van der Waals surface area contributed by atoms with Crippen LogP contribution < -0.4 is 10.6 Å². The van der Waals surface area contributed by atoms with E-state index in [1.54, 1.807) is 25.5 Å². The van der Waals surface area contributed by atoms with Gasteiger partial charge < -0.3 is 19.8 Å². The lowest BCUT2D eigenvalue weighted by Crippen LogP contribution is -2.39. The summed E-state index contributed by atoms with van der Waals surface area (Å²) in [5.74, 6) is 0.944. The van der Waals surface area contributed by atoms with Crippen LogP contribution in [0.5, 0.6) is 0 Å². The van der Waals surface area contributed by atoms with Gasteiger partial charge in [-0.15, -0.1) is 0 Å². The number of halogens is 1. The second kappa shape index (κ2) is 10.4. The largest absolute Gasteiger partial charge is 0.444 e. The molecule has 0 spiro atoms. The highest BCUT2D eigenvalue weighted by Gasteiger charge is 2.12. The lowest BCUT2D eigenvalue weighted by molar-refractivity contribution is 0.106. The van der Waals surface area contributed by atoms with Crippen LogP contribution in [0.2, 0.25) is 0 Å². The second-order valence-electron chi connectivity index (χ2n) is 6.36. The Kier molecular flexibility index (Phi) is 7.35. The Labute approximate surface area is 169 Å². The molecule has 1 unspecified atom stereocenters. The molecule has 2 N–H and O–H groups in total. The van der Waals surface area contributed by atoms with Crippen molar-refractivity contribution in [3.63, 3.8) is 0 Å². The van der Waals surface area contributed by atoms with Gasteiger partial charge in [0.05, 0.1) is 12.6 Å². The van der Waals surface area contributed by atoms with Gasteiger partial charge in [-0.2, -0.15) is 0 Å². The van der Waals surface area contributed by atoms with Gasteiger partial charge in [0.2, 0.25) is 5.89 Å². The van der Waals surface area contributed by atoms with Gasteiger partial charge in [-0.25, -0.2) is 14.4 Å². The van der Waals surface area contributed by atoms with Crippen LogP contribution in [0.15, 0.2) is 70.3 Å². The molecule has 1 heterocycles. The summed E-state index contributed by atoms with van der Waals surface area (Å²) in [4.78, 5) is 9.05. The number of nitrogens with zero attached hydrogens (tertiary/aromatic N) is 2. The van der Waals surface area contributed by atoms with Crippen molar-refractivity contribution in [1.29, 1.82) is 0 Å². The third kappa shape index (κ3) is 5.89. The first-order valence-electron chi connectivity index (χ1n) is 9.50. The zero-order valence-electron chi connectivity index (χ0n) is 16.6. The number of aromatic nitrogens is 1. The fraction of sp³-hybridized carbons (Fsp3) is 0.273. The molecule has 152 valence electrons. The Morgan fingerprint density at radius 2 is 1.90 bits per heavy atom. The fourth-order valence-electron chi connectivity index (χ4n) is 2.80. The fourth-order valence-corrected chi connectivity index (χ4v) is 2.80. The van der Waals surface area contributed by atoms with E-state index in [2.05, 4.69) is 20.6 Å². The maximum Gasteiger partial charge on any atom is 0.226 e. The topological polar surface area (TPSA) is 71.7 Å². The van der Waals surface area contributed by atoms with Crippen LogP contribution in [0.1, 0.15) is 24.3 Å². The van der Waals surface area contributed by atoms with Crippen LogP contribution >= 0.6 is 0 Å². The number of rotatable bonds is 8. The molecule has 29 heavy (non-hydrogen) atoms. The van der Waals surface area contributed by atoms with Crippen LogP contribution in [0.3, 0.4) is 0 Å². The summed E-state index contributed by atoms with van der Waals surface area (Å²) in [5.41, 5.74) is 2.55. The van der Waals surface area contributed by atoms with Crippen LogP contribution in [0.25, 0.3) is 11.5 Å².